The molecule has 0 radical (unpaired) electrons. The van der Waals surface area contributed by atoms with Gasteiger partial charge >= 0.3 is 5.97 Å². The van der Waals surface area contributed by atoms with Crippen LogP contribution in [0.25, 0.3) is 10.8 Å². The lowest BCUT2D eigenvalue weighted by atomic mass is 9.80. The Hall–Kier alpha value is -3.46. The van der Waals surface area contributed by atoms with E-state index < -0.39 is 11.9 Å². The van der Waals surface area contributed by atoms with Crippen LogP contribution in [0.1, 0.15) is 39.2 Å². The van der Waals surface area contributed by atoms with Crippen molar-refractivity contribution in [3.63, 3.8) is 0 Å². The fraction of sp³-hybridized carbons (Fsp3) is 0.304. The van der Waals surface area contributed by atoms with Crippen LogP contribution in [-0.4, -0.2) is 18.7 Å². The SMILES string of the molecule is CCOC(=O)C1=C(C)OC(N)=C(C#N)C1c1c(OC(C)C)ccc2ccccc12. The average Bonchev–Trinajstić information content (AvgIpc) is 2.67. The van der Waals surface area contributed by atoms with Crippen molar-refractivity contribution in [1.29, 1.82) is 5.26 Å². The smallest absolute Gasteiger partial charge is 0.338 e. The van der Waals surface area contributed by atoms with E-state index in [-0.39, 0.29) is 29.7 Å². The maximum absolute atomic E-state index is 12.9. The summed E-state index contributed by atoms with van der Waals surface area (Å²) in [5.74, 6) is -0.424. The molecule has 150 valence electrons. The first-order chi connectivity index (χ1) is 13.9. The fourth-order valence-corrected chi connectivity index (χ4v) is 3.57. The lowest BCUT2D eigenvalue weighted by molar-refractivity contribution is -0.139. The highest BCUT2D eigenvalue weighted by molar-refractivity contribution is 5.96. The molecule has 0 amide bonds. The lowest BCUT2D eigenvalue weighted by Gasteiger charge is -2.29. The summed E-state index contributed by atoms with van der Waals surface area (Å²) in [6.45, 7) is 7.42. The van der Waals surface area contributed by atoms with Crippen molar-refractivity contribution in [3.05, 3.63) is 64.8 Å². The second-order valence-electron chi connectivity index (χ2n) is 6.98. The molecule has 29 heavy (non-hydrogen) atoms. The highest BCUT2D eigenvalue weighted by Gasteiger charge is 2.38. The van der Waals surface area contributed by atoms with E-state index in [1.807, 2.05) is 50.2 Å². The van der Waals surface area contributed by atoms with Gasteiger partial charge in [0.05, 0.1) is 24.2 Å². The molecular weight excluding hydrogens is 368 g/mol. The first kappa shape index (κ1) is 20.3. The van der Waals surface area contributed by atoms with Gasteiger partial charge in [0.15, 0.2) is 0 Å². The summed E-state index contributed by atoms with van der Waals surface area (Å²) in [6, 6.07) is 13.7. The number of esters is 1. The van der Waals surface area contributed by atoms with Gasteiger partial charge in [0, 0.05) is 5.56 Å². The van der Waals surface area contributed by atoms with Crippen LogP contribution in [0.4, 0.5) is 0 Å². The van der Waals surface area contributed by atoms with Crippen LogP contribution in [0, 0.1) is 11.3 Å². The van der Waals surface area contributed by atoms with Crippen LogP contribution < -0.4 is 10.5 Å². The Bertz CT molecular complexity index is 1060. The van der Waals surface area contributed by atoms with Crippen molar-refractivity contribution < 1.29 is 19.0 Å². The van der Waals surface area contributed by atoms with E-state index in [1.54, 1.807) is 13.8 Å². The number of nitriles is 1. The molecule has 6 heteroatoms. The number of nitrogens with two attached hydrogens (primary N) is 1. The number of carbonyl (C=O) groups is 1. The third-order valence-electron chi connectivity index (χ3n) is 4.68. The van der Waals surface area contributed by atoms with Crippen molar-refractivity contribution in [2.24, 2.45) is 5.73 Å². The average molecular weight is 392 g/mol. The number of hydrogen-bond donors (Lipinski definition) is 1. The molecule has 2 aromatic carbocycles. The minimum atomic E-state index is -0.757. The molecule has 0 aliphatic carbocycles. The van der Waals surface area contributed by atoms with Crippen molar-refractivity contribution in [2.45, 2.75) is 39.7 Å². The third kappa shape index (κ3) is 3.77. The minimum absolute atomic E-state index is 0.0218. The first-order valence-corrected chi connectivity index (χ1v) is 9.52. The van der Waals surface area contributed by atoms with Crippen molar-refractivity contribution >= 4 is 16.7 Å². The molecular formula is C23H24N2O4. The molecule has 2 aromatic rings. The number of fused-ring (bicyclic) bond motifs is 1. The molecule has 1 unspecified atom stereocenters. The molecule has 0 spiro atoms. The van der Waals surface area contributed by atoms with Gasteiger partial charge in [0.25, 0.3) is 0 Å². The Morgan fingerprint density at radius 2 is 2.00 bits per heavy atom. The minimum Gasteiger partial charge on any atom is -0.491 e. The first-order valence-electron chi connectivity index (χ1n) is 9.52. The highest BCUT2D eigenvalue weighted by Crippen LogP contribution is 2.46. The molecule has 0 fully saturated rings. The van der Waals surface area contributed by atoms with Gasteiger partial charge < -0.3 is 19.9 Å². The van der Waals surface area contributed by atoms with Gasteiger partial charge in [-0.1, -0.05) is 30.3 Å². The predicted octanol–water partition coefficient (Wildman–Crippen LogP) is 4.27. The van der Waals surface area contributed by atoms with E-state index in [4.69, 9.17) is 19.9 Å². The van der Waals surface area contributed by atoms with Crippen molar-refractivity contribution in [3.8, 4) is 11.8 Å². The Kier molecular flexibility index (Phi) is 5.79. The van der Waals surface area contributed by atoms with Crippen LogP contribution in [0.3, 0.4) is 0 Å². The topological polar surface area (TPSA) is 94.6 Å². The van der Waals surface area contributed by atoms with E-state index in [9.17, 15) is 10.1 Å². The molecule has 1 atom stereocenters. The molecule has 0 saturated heterocycles. The molecule has 3 rings (SSSR count). The standard InChI is InChI=1S/C23H24N2O4/c1-5-27-23(26)19-14(4)29-22(25)17(12-24)21(19)20-16-9-7-6-8-15(16)10-11-18(20)28-13(2)3/h6-11,13,21H,5,25H2,1-4H3. The summed E-state index contributed by atoms with van der Waals surface area (Å²) < 4.78 is 16.9. The number of carbonyl (C=O) groups excluding carboxylic acids is 1. The fourth-order valence-electron chi connectivity index (χ4n) is 3.57. The van der Waals surface area contributed by atoms with Crippen molar-refractivity contribution in [1.82, 2.24) is 0 Å². The van der Waals surface area contributed by atoms with Crippen molar-refractivity contribution in [2.75, 3.05) is 6.61 Å². The number of ether oxygens (including phenoxy) is 3. The number of benzene rings is 2. The zero-order valence-electron chi connectivity index (χ0n) is 17.0. The molecule has 0 aromatic heterocycles. The number of rotatable bonds is 5. The molecule has 0 bridgehead atoms. The van der Waals surface area contributed by atoms with Crippen LogP contribution in [-0.2, 0) is 14.3 Å². The van der Waals surface area contributed by atoms with Gasteiger partial charge in [-0.2, -0.15) is 5.26 Å². The number of allylic oxidation sites excluding steroid dienone is 2. The van der Waals surface area contributed by atoms with Gasteiger partial charge in [0.2, 0.25) is 5.88 Å². The van der Waals surface area contributed by atoms with Crippen LogP contribution in [0.2, 0.25) is 0 Å². The Morgan fingerprint density at radius 3 is 2.66 bits per heavy atom. The molecule has 1 aliphatic heterocycles. The zero-order valence-corrected chi connectivity index (χ0v) is 17.0. The Labute approximate surface area is 170 Å². The number of nitrogens with zero attached hydrogens (tertiary/aromatic N) is 1. The zero-order chi connectivity index (χ0) is 21.1. The summed E-state index contributed by atoms with van der Waals surface area (Å²) in [4.78, 5) is 12.9. The maximum atomic E-state index is 12.9. The second-order valence-corrected chi connectivity index (χ2v) is 6.98. The summed E-state index contributed by atoms with van der Waals surface area (Å²) >= 11 is 0. The van der Waals surface area contributed by atoms with E-state index in [0.717, 1.165) is 10.8 Å². The Morgan fingerprint density at radius 1 is 1.28 bits per heavy atom. The van der Waals surface area contributed by atoms with E-state index in [2.05, 4.69) is 6.07 Å². The molecule has 6 nitrogen and oxygen atoms in total. The number of hydrogen-bond acceptors (Lipinski definition) is 6. The summed E-state index contributed by atoms with van der Waals surface area (Å²) in [7, 11) is 0. The van der Waals surface area contributed by atoms with Gasteiger partial charge in [-0.3, -0.25) is 0 Å². The predicted molar refractivity (Wildman–Crippen MR) is 110 cm³/mol. The summed E-state index contributed by atoms with van der Waals surface area (Å²) in [5.41, 5.74) is 7.15. The largest absolute Gasteiger partial charge is 0.491 e. The van der Waals surface area contributed by atoms with Gasteiger partial charge in [-0.25, -0.2) is 4.79 Å². The molecule has 1 aliphatic rings. The van der Waals surface area contributed by atoms with Gasteiger partial charge in [-0.05, 0) is 44.5 Å². The van der Waals surface area contributed by atoms with Crippen LogP contribution in [0.15, 0.2) is 59.2 Å². The summed E-state index contributed by atoms with van der Waals surface area (Å²) in [5, 5.41) is 11.7. The van der Waals surface area contributed by atoms with Crippen LogP contribution >= 0.6 is 0 Å². The van der Waals surface area contributed by atoms with E-state index >= 15 is 0 Å². The maximum Gasteiger partial charge on any atom is 0.338 e. The molecule has 0 saturated carbocycles. The van der Waals surface area contributed by atoms with E-state index in [1.165, 1.54) is 0 Å². The Balaban J connectivity index is 2.37. The van der Waals surface area contributed by atoms with Gasteiger partial charge in [0.1, 0.15) is 23.2 Å². The molecule has 2 N–H and O–H groups in total. The summed E-state index contributed by atoms with van der Waals surface area (Å²) in [6.07, 6.45) is -0.0993. The highest BCUT2D eigenvalue weighted by atomic mass is 16.5. The second kappa shape index (κ2) is 8.27. The quantitative estimate of drug-likeness (QED) is 0.764. The van der Waals surface area contributed by atoms with E-state index in [0.29, 0.717) is 17.1 Å². The van der Waals surface area contributed by atoms with Gasteiger partial charge in [-0.15, -0.1) is 0 Å². The van der Waals surface area contributed by atoms with Crippen LogP contribution in [0.5, 0.6) is 5.75 Å². The molecule has 1 heterocycles. The lowest BCUT2D eigenvalue weighted by Crippen LogP contribution is -2.26. The monoisotopic (exact) mass is 392 g/mol. The third-order valence-corrected chi connectivity index (χ3v) is 4.68. The normalized spacial score (nSPS) is 16.6.